The Kier molecular flexibility index (Phi) is 2.41. The molecule has 0 amide bonds. The first-order chi connectivity index (χ1) is 7.43. The van der Waals surface area contributed by atoms with Gasteiger partial charge >= 0.3 is 0 Å². The van der Waals surface area contributed by atoms with E-state index in [-0.39, 0.29) is 5.41 Å². The molecule has 1 aromatic heterocycles. The van der Waals surface area contributed by atoms with Crippen LogP contribution in [0.4, 0.5) is 0 Å². The average Bonchev–Trinajstić information content (AvgIpc) is 2.55. The number of hydrogen-bond acceptors (Lipinski definition) is 2. The maximum atomic E-state index is 5.23. The number of methoxy groups -OCH3 is 1. The van der Waals surface area contributed by atoms with Gasteiger partial charge in [0.1, 0.15) is 5.75 Å². The van der Waals surface area contributed by atoms with Crippen molar-refractivity contribution in [2.75, 3.05) is 7.11 Å². The van der Waals surface area contributed by atoms with Crippen molar-refractivity contribution in [3.05, 3.63) is 23.9 Å². The lowest BCUT2D eigenvalue weighted by molar-refractivity contribution is 0.415. The van der Waals surface area contributed by atoms with Crippen molar-refractivity contribution in [1.82, 2.24) is 9.78 Å². The van der Waals surface area contributed by atoms with E-state index in [4.69, 9.17) is 4.74 Å². The molecule has 86 valence electrons. The first kappa shape index (κ1) is 11.0. The summed E-state index contributed by atoms with van der Waals surface area (Å²) in [5.74, 6) is 0.871. The molecule has 0 aliphatic rings. The van der Waals surface area contributed by atoms with Gasteiger partial charge in [0, 0.05) is 23.9 Å². The highest BCUT2D eigenvalue weighted by Gasteiger charge is 2.21. The quantitative estimate of drug-likeness (QED) is 0.736. The average molecular weight is 218 g/mol. The summed E-state index contributed by atoms with van der Waals surface area (Å²) < 4.78 is 7.15. The summed E-state index contributed by atoms with van der Waals surface area (Å²) in [5.41, 5.74) is 2.31. The highest BCUT2D eigenvalue weighted by atomic mass is 16.5. The van der Waals surface area contributed by atoms with Gasteiger partial charge in [-0.3, -0.25) is 4.68 Å². The largest absolute Gasteiger partial charge is 0.497 e. The highest BCUT2D eigenvalue weighted by molar-refractivity contribution is 5.84. The number of fused-ring (bicyclic) bond motifs is 1. The van der Waals surface area contributed by atoms with Gasteiger partial charge in [-0.25, -0.2) is 0 Å². The molecule has 2 aromatic rings. The van der Waals surface area contributed by atoms with Crippen molar-refractivity contribution in [3.8, 4) is 5.75 Å². The van der Waals surface area contributed by atoms with E-state index in [1.54, 1.807) is 7.11 Å². The Balaban J connectivity index is 2.72. The van der Waals surface area contributed by atoms with E-state index in [0.29, 0.717) is 0 Å². The second-order valence-corrected chi connectivity index (χ2v) is 5.11. The molecule has 3 nitrogen and oxygen atoms in total. The molecule has 0 fully saturated rings. The summed E-state index contributed by atoms with van der Waals surface area (Å²) in [5, 5.41) is 5.80. The maximum Gasteiger partial charge on any atom is 0.121 e. The number of aromatic nitrogens is 2. The lowest BCUT2D eigenvalue weighted by atomic mass is 9.90. The molecule has 0 saturated heterocycles. The van der Waals surface area contributed by atoms with Crippen LogP contribution in [0.25, 0.3) is 10.9 Å². The summed E-state index contributed by atoms with van der Waals surface area (Å²) in [7, 11) is 3.65. The Morgan fingerprint density at radius 1 is 1.25 bits per heavy atom. The molecule has 1 heterocycles. The number of rotatable bonds is 1. The van der Waals surface area contributed by atoms with Gasteiger partial charge in [-0.15, -0.1) is 0 Å². The van der Waals surface area contributed by atoms with E-state index < -0.39 is 0 Å². The van der Waals surface area contributed by atoms with Crippen LogP contribution in [0, 0.1) is 0 Å². The minimum Gasteiger partial charge on any atom is -0.497 e. The smallest absolute Gasteiger partial charge is 0.121 e. The van der Waals surface area contributed by atoms with Crippen LogP contribution in [0.1, 0.15) is 26.5 Å². The Bertz CT molecular complexity index is 520. The van der Waals surface area contributed by atoms with E-state index in [9.17, 15) is 0 Å². The van der Waals surface area contributed by atoms with Gasteiger partial charge < -0.3 is 4.74 Å². The summed E-state index contributed by atoms with van der Waals surface area (Å²) in [6.45, 7) is 6.54. The van der Waals surface area contributed by atoms with Gasteiger partial charge in [-0.1, -0.05) is 20.8 Å². The summed E-state index contributed by atoms with van der Waals surface area (Å²) >= 11 is 0. The number of ether oxygens (including phenoxy) is 1. The zero-order valence-corrected chi connectivity index (χ0v) is 10.5. The number of nitrogens with zero attached hydrogens (tertiary/aromatic N) is 2. The Labute approximate surface area is 96.0 Å². The molecule has 16 heavy (non-hydrogen) atoms. The fourth-order valence-corrected chi connectivity index (χ4v) is 1.92. The van der Waals surface area contributed by atoms with Crippen LogP contribution in [-0.2, 0) is 12.5 Å². The van der Waals surface area contributed by atoms with Crippen LogP contribution in [0.15, 0.2) is 18.2 Å². The molecular weight excluding hydrogens is 200 g/mol. The van der Waals surface area contributed by atoms with Crippen molar-refractivity contribution in [1.29, 1.82) is 0 Å². The lowest BCUT2D eigenvalue weighted by Gasteiger charge is -2.15. The molecule has 0 aliphatic heterocycles. The van der Waals surface area contributed by atoms with Crippen molar-refractivity contribution in [3.63, 3.8) is 0 Å². The van der Waals surface area contributed by atoms with Crippen molar-refractivity contribution in [2.24, 2.45) is 7.05 Å². The van der Waals surface area contributed by atoms with Gasteiger partial charge in [0.25, 0.3) is 0 Å². The summed E-state index contributed by atoms with van der Waals surface area (Å²) in [6.07, 6.45) is 0. The molecular formula is C13H18N2O. The van der Waals surface area contributed by atoms with Crippen molar-refractivity contribution >= 4 is 10.9 Å². The monoisotopic (exact) mass is 218 g/mol. The molecule has 2 rings (SSSR count). The van der Waals surface area contributed by atoms with Gasteiger partial charge in [0.15, 0.2) is 0 Å². The van der Waals surface area contributed by atoms with E-state index in [1.165, 1.54) is 5.39 Å². The Morgan fingerprint density at radius 2 is 1.94 bits per heavy atom. The fourth-order valence-electron chi connectivity index (χ4n) is 1.92. The highest BCUT2D eigenvalue weighted by Crippen LogP contribution is 2.30. The standard InChI is InChI=1S/C13H18N2O/c1-13(2,3)12-10-7-6-9(16-5)8-11(10)15(4)14-12/h6-8H,1-5H3. The van der Waals surface area contributed by atoms with Gasteiger partial charge in [0.2, 0.25) is 0 Å². The van der Waals surface area contributed by atoms with Gasteiger partial charge in [0.05, 0.1) is 18.3 Å². The van der Waals surface area contributed by atoms with Gasteiger partial charge in [-0.2, -0.15) is 5.10 Å². The second kappa shape index (κ2) is 3.51. The van der Waals surface area contributed by atoms with E-state index in [1.807, 2.05) is 23.9 Å². The van der Waals surface area contributed by atoms with Crippen LogP contribution in [-0.4, -0.2) is 16.9 Å². The predicted octanol–water partition coefficient (Wildman–Crippen LogP) is 2.88. The molecule has 0 radical (unpaired) electrons. The molecule has 0 N–H and O–H groups in total. The van der Waals surface area contributed by atoms with Crippen molar-refractivity contribution < 1.29 is 4.74 Å². The second-order valence-electron chi connectivity index (χ2n) is 5.11. The lowest BCUT2D eigenvalue weighted by Crippen LogP contribution is -2.12. The van der Waals surface area contributed by atoms with Crippen LogP contribution >= 0.6 is 0 Å². The third-order valence-corrected chi connectivity index (χ3v) is 2.77. The normalized spacial score (nSPS) is 12.1. The third-order valence-electron chi connectivity index (χ3n) is 2.77. The zero-order valence-electron chi connectivity index (χ0n) is 10.5. The number of hydrogen-bond donors (Lipinski definition) is 0. The fraction of sp³-hybridized carbons (Fsp3) is 0.462. The number of aryl methyl sites for hydroxylation is 1. The SMILES string of the molecule is COc1ccc2c(C(C)(C)C)nn(C)c2c1. The molecule has 0 saturated carbocycles. The number of benzene rings is 1. The molecule has 0 aliphatic carbocycles. The minimum absolute atomic E-state index is 0.0636. The zero-order chi connectivity index (χ0) is 11.9. The maximum absolute atomic E-state index is 5.23. The molecule has 0 unspecified atom stereocenters. The van der Waals surface area contributed by atoms with Crippen LogP contribution in [0.3, 0.4) is 0 Å². The molecule has 3 heteroatoms. The van der Waals surface area contributed by atoms with Crippen LogP contribution < -0.4 is 4.74 Å². The predicted molar refractivity (Wildman–Crippen MR) is 66.0 cm³/mol. The molecule has 0 bridgehead atoms. The van der Waals surface area contributed by atoms with Crippen LogP contribution in [0.2, 0.25) is 0 Å². The molecule has 0 atom stereocenters. The first-order valence-electron chi connectivity index (χ1n) is 5.44. The minimum atomic E-state index is 0.0636. The van der Waals surface area contributed by atoms with Crippen LogP contribution in [0.5, 0.6) is 5.75 Å². The first-order valence-corrected chi connectivity index (χ1v) is 5.44. The van der Waals surface area contributed by atoms with Gasteiger partial charge in [-0.05, 0) is 12.1 Å². The van der Waals surface area contributed by atoms with E-state index in [2.05, 4.69) is 31.9 Å². The summed E-state index contributed by atoms with van der Waals surface area (Å²) in [6, 6.07) is 6.10. The Hall–Kier alpha value is -1.51. The summed E-state index contributed by atoms with van der Waals surface area (Å²) in [4.78, 5) is 0. The third kappa shape index (κ3) is 1.66. The molecule has 1 aromatic carbocycles. The van der Waals surface area contributed by atoms with E-state index >= 15 is 0 Å². The van der Waals surface area contributed by atoms with Crippen molar-refractivity contribution in [2.45, 2.75) is 26.2 Å². The topological polar surface area (TPSA) is 27.1 Å². The van der Waals surface area contributed by atoms with E-state index in [0.717, 1.165) is 17.0 Å². The molecule has 0 spiro atoms. The Morgan fingerprint density at radius 3 is 2.50 bits per heavy atom.